The molecule has 2 fully saturated rings. The summed E-state index contributed by atoms with van der Waals surface area (Å²) in [5.74, 6) is 1.10. The van der Waals surface area contributed by atoms with E-state index in [1.165, 1.54) is 58.7 Å². The fraction of sp³-hybridized carbons (Fsp3) is 0.250. The minimum absolute atomic E-state index is 0.0231. The zero-order valence-corrected chi connectivity index (χ0v) is 43.9. The van der Waals surface area contributed by atoms with Crippen LogP contribution in [0.3, 0.4) is 0 Å². The van der Waals surface area contributed by atoms with Crippen molar-refractivity contribution in [1.82, 2.24) is 30.2 Å². The summed E-state index contributed by atoms with van der Waals surface area (Å²) in [5, 5.41) is 25.4. The van der Waals surface area contributed by atoms with Gasteiger partial charge in [-0.15, -0.1) is 0 Å². The Bertz CT molecular complexity index is 3500. The summed E-state index contributed by atoms with van der Waals surface area (Å²) in [7, 11) is 0. The Morgan fingerprint density at radius 3 is 1.42 bits per heavy atom. The topological polar surface area (TPSA) is 170 Å². The van der Waals surface area contributed by atoms with E-state index in [1.807, 2.05) is 92.7 Å². The number of carbonyl (C=O) groups excluding carboxylic acids is 2. The van der Waals surface area contributed by atoms with Crippen molar-refractivity contribution in [3.05, 3.63) is 237 Å². The van der Waals surface area contributed by atoms with E-state index in [0.717, 1.165) is 81.3 Å². The highest BCUT2D eigenvalue weighted by Gasteiger charge is 2.26. The zero-order valence-electron chi connectivity index (χ0n) is 43.9. The van der Waals surface area contributed by atoms with E-state index >= 15 is 0 Å². The summed E-state index contributed by atoms with van der Waals surface area (Å²) >= 11 is 0. The Balaban J connectivity index is 0.000000174. The van der Waals surface area contributed by atoms with Crippen molar-refractivity contribution in [3.8, 4) is 11.4 Å². The van der Waals surface area contributed by atoms with Crippen LogP contribution in [0.4, 0.5) is 11.4 Å². The second-order valence-electron chi connectivity index (χ2n) is 20.7. The monoisotopic (exact) mass is 1010 g/mol. The molecule has 7 aromatic carbocycles. The molecule has 386 valence electrons. The van der Waals surface area contributed by atoms with Gasteiger partial charge in [-0.2, -0.15) is 10.2 Å². The number of nitrogens with one attached hydrogen (secondary N) is 4. The molecule has 11 rings (SSSR count). The predicted molar refractivity (Wildman–Crippen MR) is 306 cm³/mol. The third kappa shape index (κ3) is 12.7. The molecule has 0 aliphatic heterocycles. The molecule has 9 aromatic rings. The molecule has 2 heterocycles. The molecular weight excluding hydrogens is 941 g/mol. The molecule has 0 bridgehead atoms. The lowest BCUT2D eigenvalue weighted by atomic mass is 9.95. The number of amides is 2. The van der Waals surface area contributed by atoms with E-state index in [-0.39, 0.29) is 23.9 Å². The van der Waals surface area contributed by atoms with Gasteiger partial charge in [-0.3, -0.25) is 9.59 Å². The van der Waals surface area contributed by atoms with Gasteiger partial charge in [0.25, 0.3) is 11.8 Å². The highest BCUT2D eigenvalue weighted by atomic mass is 16.2. The van der Waals surface area contributed by atoms with Gasteiger partial charge in [-0.1, -0.05) is 114 Å². The highest BCUT2D eigenvalue weighted by Crippen LogP contribution is 2.34. The van der Waals surface area contributed by atoms with Crippen LogP contribution in [0.1, 0.15) is 115 Å². The van der Waals surface area contributed by atoms with E-state index in [4.69, 9.17) is 11.5 Å². The van der Waals surface area contributed by atoms with Crippen LogP contribution in [0.15, 0.2) is 170 Å². The minimum Gasteiger partial charge on any atom is -0.326 e. The van der Waals surface area contributed by atoms with Gasteiger partial charge in [-0.25, -0.2) is 9.36 Å². The first-order chi connectivity index (χ1) is 37.0. The molecular formula is C64H68N10O2. The van der Waals surface area contributed by atoms with Crippen molar-refractivity contribution in [3.63, 3.8) is 0 Å². The number of nitrogens with two attached hydrogens (primary N) is 2. The molecule has 76 heavy (non-hydrogen) atoms. The summed E-state index contributed by atoms with van der Waals surface area (Å²) in [6.07, 6.45) is 5.16. The number of carbonyl (C=O) groups is 2. The van der Waals surface area contributed by atoms with Crippen molar-refractivity contribution in [2.24, 2.45) is 23.3 Å². The second kappa shape index (κ2) is 23.3. The summed E-state index contributed by atoms with van der Waals surface area (Å²) < 4.78 is 3.37. The Kier molecular flexibility index (Phi) is 15.8. The van der Waals surface area contributed by atoms with Crippen LogP contribution in [0.2, 0.25) is 0 Å². The first-order valence-corrected chi connectivity index (χ1v) is 26.5. The second-order valence-corrected chi connectivity index (χ2v) is 20.7. The fourth-order valence-corrected chi connectivity index (χ4v) is 9.72. The smallest absolute Gasteiger partial charge is 0.274 e. The van der Waals surface area contributed by atoms with Gasteiger partial charge in [0.2, 0.25) is 0 Å². The van der Waals surface area contributed by atoms with E-state index < -0.39 is 0 Å². The van der Waals surface area contributed by atoms with Gasteiger partial charge in [0.1, 0.15) is 11.4 Å². The van der Waals surface area contributed by atoms with Gasteiger partial charge >= 0.3 is 0 Å². The summed E-state index contributed by atoms with van der Waals surface area (Å²) in [4.78, 5) is 26.9. The third-order valence-corrected chi connectivity index (χ3v) is 14.2. The number of fused-ring (bicyclic) bond motifs is 1. The van der Waals surface area contributed by atoms with E-state index in [9.17, 15) is 9.59 Å². The van der Waals surface area contributed by atoms with Crippen LogP contribution in [-0.4, -0.2) is 44.5 Å². The van der Waals surface area contributed by atoms with E-state index in [1.54, 1.807) is 15.4 Å². The van der Waals surface area contributed by atoms with Crippen LogP contribution in [0.25, 0.3) is 22.1 Å². The largest absolute Gasteiger partial charge is 0.326 e. The molecule has 0 radical (unpaired) electrons. The number of rotatable bonds is 18. The minimum atomic E-state index is -0.209. The molecule has 2 aliphatic rings. The molecule has 12 heteroatoms. The van der Waals surface area contributed by atoms with Gasteiger partial charge < -0.3 is 32.7 Å². The van der Waals surface area contributed by atoms with Crippen LogP contribution >= 0.6 is 0 Å². The number of hydrogen-bond donors (Lipinski definition) is 6. The number of anilines is 2. The number of aromatic nitrogens is 4. The lowest BCUT2D eigenvalue weighted by molar-refractivity contribution is 0.101. The lowest BCUT2D eigenvalue weighted by Gasteiger charge is -2.21. The fourth-order valence-electron chi connectivity index (χ4n) is 9.72. The molecule has 2 amide bonds. The van der Waals surface area contributed by atoms with Crippen molar-refractivity contribution >= 4 is 34.0 Å². The van der Waals surface area contributed by atoms with Crippen molar-refractivity contribution in [2.45, 2.75) is 78.6 Å². The molecule has 2 saturated carbocycles. The summed E-state index contributed by atoms with van der Waals surface area (Å²) in [6, 6.07) is 57.5. The van der Waals surface area contributed by atoms with Crippen LogP contribution < -0.4 is 32.7 Å². The average molecular weight is 1010 g/mol. The van der Waals surface area contributed by atoms with Crippen molar-refractivity contribution in [2.75, 3.05) is 23.7 Å². The molecule has 2 unspecified atom stereocenters. The van der Waals surface area contributed by atoms with Gasteiger partial charge in [0.15, 0.2) is 0 Å². The standard InChI is InChI=1S/C34H35N5O.C30H33N5O/c1-22-9-12-27-18-29(14-13-26(27)15-22)33(36-21-24-10-11-24)28-6-4-7-30(19-28)37-34(40)32-16-23(2)38-39(32)31-8-3-5-25(17-31)20-35;1-20-9-13-24(14-10-20)29(32-19-22-11-12-22)25-6-4-7-26(17-25)33-30(36)28-15-21(2)34-35(28)27-8-3-5-23(16-27)18-31/h3-9,12-19,24,33,36H,10-11,20-21,35H2,1-2H3,(H,37,40);3-10,13-17,22,29,32H,11-12,18-19,31H2,1-2H3,(H,33,36). The number of benzene rings is 7. The first kappa shape index (κ1) is 51.5. The Hall–Kier alpha value is -8.00. The molecule has 2 atom stereocenters. The Labute approximate surface area is 445 Å². The predicted octanol–water partition coefficient (Wildman–Crippen LogP) is 11.7. The maximum Gasteiger partial charge on any atom is 0.274 e. The maximum atomic E-state index is 13.5. The maximum absolute atomic E-state index is 13.5. The first-order valence-electron chi connectivity index (χ1n) is 26.5. The third-order valence-electron chi connectivity index (χ3n) is 14.2. The number of nitrogens with zero attached hydrogens (tertiary/aromatic N) is 4. The van der Waals surface area contributed by atoms with Gasteiger partial charge in [-0.05, 0) is 189 Å². The average Bonchev–Trinajstić information content (AvgIpc) is 4.38. The molecule has 0 saturated heterocycles. The summed E-state index contributed by atoms with van der Waals surface area (Å²) in [6.45, 7) is 10.8. The summed E-state index contributed by atoms with van der Waals surface area (Å²) in [5.41, 5.74) is 26.4. The normalized spacial score (nSPS) is 13.9. The van der Waals surface area contributed by atoms with Crippen LogP contribution in [0, 0.1) is 39.5 Å². The van der Waals surface area contributed by atoms with Crippen LogP contribution in [0.5, 0.6) is 0 Å². The number of hydrogen-bond acceptors (Lipinski definition) is 8. The van der Waals surface area contributed by atoms with Crippen molar-refractivity contribution in [1.29, 1.82) is 0 Å². The quantitative estimate of drug-likeness (QED) is 0.0493. The molecule has 0 spiro atoms. The zero-order chi connectivity index (χ0) is 52.7. The SMILES string of the molecule is Cc1ccc(C(NCC2CC2)c2cccc(NC(=O)c3cc(C)nn3-c3cccc(CN)c3)c2)cc1.Cc1ccc2cc(C(NCC3CC3)c3cccc(NC(=O)c4cc(C)nn4-c4cccc(CN)c4)c3)ccc2c1. The molecule has 2 aromatic heterocycles. The van der Waals surface area contributed by atoms with E-state index in [0.29, 0.717) is 24.5 Å². The van der Waals surface area contributed by atoms with E-state index in [2.05, 4.69) is 130 Å². The molecule has 12 nitrogen and oxygen atoms in total. The van der Waals surface area contributed by atoms with Gasteiger partial charge in [0, 0.05) is 24.5 Å². The Morgan fingerprint density at radius 1 is 0.487 bits per heavy atom. The number of aryl methyl sites for hydroxylation is 4. The molecule has 2 aliphatic carbocycles. The lowest BCUT2D eigenvalue weighted by Crippen LogP contribution is -2.25. The highest BCUT2D eigenvalue weighted by molar-refractivity contribution is 6.04. The molecule has 8 N–H and O–H groups in total. The van der Waals surface area contributed by atoms with Crippen LogP contribution in [-0.2, 0) is 13.1 Å². The van der Waals surface area contributed by atoms with Gasteiger partial charge in [0.05, 0.1) is 34.8 Å². The Morgan fingerprint density at radius 2 is 0.921 bits per heavy atom. The van der Waals surface area contributed by atoms with Crippen molar-refractivity contribution < 1.29 is 9.59 Å².